The second-order valence-corrected chi connectivity index (χ2v) is 7.74. The van der Waals surface area contributed by atoms with E-state index in [4.69, 9.17) is 9.90 Å². The number of fused-ring (bicyclic) bond motifs is 1. The lowest BCUT2D eigenvalue weighted by Gasteiger charge is -2.23. The Hall–Kier alpha value is -3.50. The Bertz CT molecular complexity index is 1130. The van der Waals surface area contributed by atoms with E-state index in [0.717, 1.165) is 30.6 Å². The number of hydrogen-bond donors (Lipinski definition) is 1. The van der Waals surface area contributed by atoms with Crippen molar-refractivity contribution in [1.82, 2.24) is 24.7 Å². The Labute approximate surface area is 180 Å². The molecular formula is C21H20F3N5O3. The van der Waals surface area contributed by atoms with Gasteiger partial charge < -0.3 is 10.0 Å². The normalized spacial score (nSPS) is 18.3. The van der Waals surface area contributed by atoms with E-state index in [-0.39, 0.29) is 11.9 Å². The maximum atomic E-state index is 12.9. The number of alkyl halides is 3. The van der Waals surface area contributed by atoms with Crippen LogP contribution in [0.4, 0.5) is 13.2 Å². The zero-order valence-electron chi connectivity index (χ0n) is 16.9. The molecule has 168 valence electrons. The molecule has 1 amide bonds. The summed E-state index contributed by atoms with van der Waals surface area (Å²) in [5.41, 5.74) is 3.92. The van der Waals surface area contributed by atoms with E-state index < -0.39 is 12.1 Å². The lowest BCUT2D eigenvalue weighted by atomic mass is 10.1. The van der Waals surface area contributed by atoms with Gasteiger partial charge in [0.2, 0.25) is 0 Å². The monoisotopic (exact) mass is 447 g/mol. The molecule has 3 aromatic heterocycles. The maximum Gasteiger partial charge on any atom is 0.490 e. The SMILES string of the molecule is O=C(O)C(F)(F)F.O=C(c1ccncc1)N1CCCC1c1nnn2cc(C3CC3)ccc12. The van der Waals surface area contributed by atoms with Gasteiger partial charge in [-0.15, -0.1) is 5.10 Å². The molecule has 11 heteroatoms. The molecule has 0 radical (unpaired) electrons. The molecular weight excluding hydrogens is 427 g/mol. The van der Waals surface area contributed by atoms with Crippen LogP contribution >= 0.6 is 0 Å². The topological polar surface area (TPSA) is 101 Å². The predicted molar refractivity (Wildman–Crippen MR) is 106 cm³/mol. The van der Waals surface area contributed by atoms with Gasteiger partial charge in [-0.05, 0) is 55.4 Å². The second kappa shape index (κ2) is 8.56. The molecule has 5 rings (SSSR count). The van der Waals surface area contributed by atoms with E-state index in [0.29, 0.717) is 11.5 Å². The van der Waals surface area contributed by atoms with Gasteiger partial charge in [0, 0.05) is 30.7 Å². The first kappa shape index (κ1) is 21.7. The molecule has 1 atom stereocenters. The molecule has 4 heterocycles. The lowest BCUT2D eigenvalue weighted by molar-refractivity contribution is -0.192. The number of carboxylic acid groups (broad SMARTS) is 1. The molecule has 1 unspecified atom stereocenters. The van der Waals surface area contributed by atoms with Gasteiger partial charge in [-0.3, -0.25) is 9.78 Å². The minimum absolute atomic E-state index is 0.00931. The number of rotatable bonds is 3. The average molecular weight is 447 g/mol. The van der Waals surface area contributed by atoms with Crippen molar-refractivity contribution in [1.29, 1.82) is 0 Å². The first-order valence-corrected chi connectivity index (χ1v) is 10.1. The third-order valence-electron chi connectivity index (χ3n) is 5.51. The summed E-state index contributed by atoms with van der Waals surface area (Å²) < 4.78 is 33.6. The fourth-order valence-electron chi connectivity index (χ4n) is 3.78. The molecule has 1 N–H and O–H groups in total. The van der Waals surface area contributed by atoms with Crippen molar-refractivity contribution in [2.24, 2.45) is 0 Å². The Morgan fingerprint density at radius 2 is 1.75 bits per heavy atom. The largest absolute Gasteiger partial charge is 0.490 e. The van der Waals surface area contributed by atoms with Crippen molar-refractivity contribution >= 4 is 17.4 Å². The van der Waals surface area contributed by atoms with Crippen LogP contribution < -0.4 is 0 Å². The molecule has 1 saturated heterocycles. The Morgan fingerprint density at radius 3 is 2.38 bits per heavy atom. The van der Waals surface area contributed by atoms with Gasteiger partial charge in [0.05, 0.1) is 11.6 Å². The molecule has 3 aromatic rings. The fourth-order valence-corrected chi connectivity index (χ4v) is 3.78. The third kappa shape index (κ3) is 4.56. The van der Waals surface area contributed by atoms with Crippen LogP contribution in [0.25, 0.3) is 5.52 Å². The summed E-state index contributed by atoms with van der Waals surface area (Å²) in [6.45, 7) is 0.755. The minimum atomic E-state index is -5.08. The van der Waals surface area contributed by atoms with Gasteiger partial charge in [-0.25, -0.2) is 9.31 Å². The Kier molecular flexibility index (Phi) is 5.81. The van der Waals surface area contributed by atoms with Crippen molar-refractivity contribution in [2.75, 3.05) is 6.54 Å². The number of aliphatic carboxylic acids is 1. The van der Waals surface area contributed by atoms with Crippen LogP contribution in [0.15, 0.2) is 42.9 Å². The van der Waals surface area contributed by atoms with E-state index in [1.54, 1.807) is 24.5 Å². The van der Waals surface area contributed by atoms with Crippen LogP contribution in [-0.4, -0.2) is 54.4 Å². The summed E-state index contributed by atoms with van der Waals surface area (Å²) in [6, 6.07) is 7.82. The summed E-state index contributed by atoms with van der Waals surface area (Å²) in [4.78, 5) is 27.7. The highest BCUT2D eigenvalue weighted by Crippen LogP contribution is 2.40. The zero-order chi connectivity index (χ0) is 22.9. The summed E-state index contributed by atoms with van der Waals surface area (Å²) >= 11 is 0. The van der Waals surface area contributed by atoms with E-state index in [2.05, 4.69) is 33.6 Å². The van der Waals surface area contributed by atoms with Crippen LogP contribution in [0.3, 0.4) is 0 Å². The van der Waals surface area contributed by atoms with Crippen LogP contribution in [0.5, 0.6) is 0 Å². The summed E-state index contributed by atoms with van der Waals surface area (Å²) in [7, 11) is 0. The number of carbonyl (C=O) groups is 2. The number of carbonyl (C=O) groups excluding carboxylic acids is 1. The molecule has 2 fully saturated rings. The van der Waals surface area contributed by atoms with E-state index >= 15 is 0 Å². The molecule has 0 bridgehead atoms. The summed E-state index contributed by atoms with van der Waals surface area (Å²) in [6.07, 6.45) is 4.77. The second-order valence-electron chi connectivity index (χ2n) is 7.74. The number of aromatic nitrogens is 4. The van der Waals surface area contributed by atoms with Crippen LogP contribution in [0.2, 0.25) is 0 Å². The number of pyridine rings is 2. The standard InChI is InChI=1S/C19H19N5O.C2HF3O2/c25-19(14-7-9-20-10-8-14)23-11-1-2-16(23)18-17-6-5-15(13-3-4-13)12-24(17)22-21-18;3-2(4,5)1(6)7/h5-10,12-13,16H,1-4,11H2;(H,6,7). The van der Waals surface area contributed by atoms with Gasteiger partial charge in [0.15, 0.2) is 0 Å². The maximum absolute atomic E-state index is 12.9. The highest BCUT2D eigenvalue weighted by atomic mass is 19.4. The molecule has 1 aliphatic carbocycles. The van der Waals surface area contributed by atoms with Crippen LogP contribution in [0, 0.1) is 0 Å². The molecule has 1 aliphatic heterocycles. The number of amides is 1. The highest BCUT2D eigenvalue weighted by molar-refractivity contribution is 5.94. The van der Waals surface area contributed by atoms with Crippen molar-refractivity contribution < 1.29 is 27.9 Å². The third-order valence-corrected chi connectivity index (χ3v) is 5.51. The van der Waals surface area contributed by atoms with Gasteiger partial charge >= 0.3 is 12.1 Å². The fraction of sp³-hybridized carbons (Fsp3) is 0.381. The van der Waals surface area contributed by atoms with Crippen molar-refractivity contribution in [3.8, 4) is 0 Å². The number of likely N-dealkylation sites (tertiary alicyclic amines) is 1. The molecule has 0 spiro atoms. The van der Waals surface area contributed by atoms with Gasteiger partial charge in [-0.2, -0.15) is 13.2 Å². The molecule has 8 nitrogen and oxygen atoms in total. The van der Waals surface area contributed by atoms with Crippen molar-refractivity contribution in [2.45, 2.75) is 43.8 Å². The highest BCUT2D eigenvalue weighted by Gasteiger charge is 2.38. The number of nitrogens with zero attached hydrogens (tertiary/aromatic N) is 5. The van der Waals surface area contributed by atoms with Gasteiger partial charge in [0.1, 0.15) is 5.69 Å². The van der Waals surface area contributed by atoms with Crippen molar-refractivity contribution in [3.63, 3.8) is 0 Å². The van der Waals surface area contributed by atoms with Crippen molar-refractivity contribution in [3.05, 3.63) is 59.7 Å². The first-order chi connectivity index (χ1) is 15.3. The molecule has 32 heavy (non-hydrogen) atoms. The van der Waals surface area contributed by atoms with Crippen LogP contribution in [0.1, 0.15) is 59.3 Å². The molecule has 1 saturated carbocycles. The molecule has 2 aliphatic rings. The lowest BCUT2D eigenvalue weighted by Crippen LogP contribution is -2.30. The van der Waals surface area contributed by atoms with E-state index in [1.807, 2.05) is 9.42 Å². The number of carboxylic acids is 1. The number of halogens is 3. The molecule has 0 aromatic carbocycles. The average Bonchev–Trinajstić information content (AvgIpc) is 3.37. The summed E-state index contributed by atoms with van der Waals surface area (Å²) in [5, 5.41) is 15.9. The Balaban J connectivity index is 0.000000307. The first-order valence-electron chi connectivity index (χ1n) is 10.1. The van der Waals surface area contributed by atoms with E-state index in [9.17, 15) is 18.0 Å². The zero-order valence-corrected chi connectivity index (χ0v) is 16.9. The van der Waals surface area contributed by atoms with Gasteiger partial charge in [-0.1, -0.05) is 11.3 Å². The number of hydrogen-bond acceptors (Lipinski definition) is 5. The van der Waals surface area contributed by atoms with E-state index in [1.165, 1.54) is 18.4 Å². The van der Waals surface area contributed by atoms with Crippen LogP contribution in [-0.2, 0) is 4.79 Å². The minimum Gasteiger partial charge on any atom is -0.475 e. The summed E-state index contributed by atoms with van der Waals surface area (Å²) in [5.74, 6) is -2.03. The predicted octanol–water partition coefficient (Wildman–Crippen LogP) is 3.61. The smallest absolute Gasteiger partial charge is 0.475 e. The Morgan fingerprint density at radius 1 is 1.06 bits per heavy atom. The van der Waals surface area contributed by atoms with Gasteiger partial charge in [0.25, 0.3) is 5.91 Å². The quantitative estimate of drug-likeness (QED) is 0.658.